The van der Waals surface area contributed by atoms with Crippen molar-refractivity contribution in [1.29, 1.82) is 0 Å². The molecule has 0 saturated heterocycles. The van der Waals surface area contributed by atoms with Crippen molar-refractivity contribution in [3.63, 3.8) is 0 Å². The zero-order chi connectivity index (χ0) is 10.4. The summed E-state index contributed by atoms with van der Waals surface area (Å²) in [5.41, 5.74) is 0. The molecule has 0 aromatic carbocycles. The number of hydrogen-bond donors (Lipinski definition) is 1. The Hall–Kier alpha value is -0.570. The van der Waals surface area contributed by atoms with Gasteiger partial charge in [-0.15, -0.1) is 0 Å². The Morgan fingerprint density at radius 1 is 1.31 bits per heavy atom. The lowest BCUT2D eigenvalue weighted by atomic mass is 10.2. The van der Waals surface area contributed by atoms with Gasteiger partial charge in [0, 0.05) is 25.0 Å². The van der Waals surface area contributed by atoms with Gasteiger partial charge >= 0.3 is 0 Å². The predicted molar refractivity (Wildman–Crippen MR) is 55.6 cm³/mol. The van der Waals surface area contributed by atoms with Crippen LogP contribution < -0.4 is 5.32 Å². The summed E-state index contributed by atoms with van der Waals surface area (Å²) >= 11 is 0. The minimum Gasteiger partial charge on any atom is -0.355 e. The number of carbonyl (C=O) groups excluding carboxylic acids is 1. The topological polar surface area (TPSA) is 32.3 Å². The minimum atomic E-state index is 0.0874. The first-order valence-electron chi connectivity index (χ1n) is 4.93. The van der Waals surface area contributed by atoms with Crippen LogP contribution >= 0.6 is 0 Å². The first-order valence-corrected chi connectivity index (χ1v) is 4.93. The van der Waals surface area contributed by atoms with Gasteiger partial charge in [0.1, 0.15) is 0 Å². The van der Waals surface area contributed by atoms with E-state index in [-0.39, 0.29) is 11.8 Å². The molecule has 0 fully saturated rings. The maximum absolute atomic E-state index is 11.2. The van der Waals surface area contributed by atoms with Crippen LogP contribution in [0.1, 0.15) is 27.7 Å². The zero-order valence-electron chi connectivity index (χ0n) is 9.42. The molecule has 1 amide bonds. The van der Waals surface area contributed by atoms with Gasteiger partial charge in [-0.1, -0.05) is 13.8 Å². The fourth-order valence-corrected chi connectivity index (χ4v) is 0.818. The van der Waals surface area contributed by atoms with Crippen LogP contribution in [0.25, 0.3) is 0 Å². The molecule has 0 aliphatic heterocycles. The lowest BCUT2D eigenvalue weighted by Gasteiger charge is -2.21. The fraction of sp³-hybridized carbons (Fsp3) is 0.900. The average molecular weight is 186 g/mol. The Labute approximate surface area is 81.5 Å². The van der Waals surface area contributed by atoms with Gasteiger partial charge in [-0.2, -0.15) is 0 Å². The van der Waals surface area contributed by atoms with Gasteiger partial charge < -0.3 is 10.2 Å². The van der Waals surface area contributed by atoms with E-state index in [2.05, 4.69) is 31.1 Å². The summed E-state index contributed by atoms with van der Waals surface area (Å²) in [7, 11) is 2.06. The van der Waals surface area contributed by atoms with Crippen LogP contribution in [0.15, 0.2) is 0 Å². The van der Waals surface area contributed by atoms with Crippen LogP contribution in [-0.2, 0) is 4.79 Å². The second-order valence-corrected chi connectivity index (χ2v) is 4.02. The van der Waals surface area contributed by atoms with E-state index < -0.39 is 0 Å². The first-order chi connectivity index (χ1) is 5.95. The van der Waals surface area contributed by atoms with E-state index in [1.165, 1.54) is 0 Å². The predicted octanol–water partition coefficient (Wildman–Crippen LogP) is 1.10. The molecule has 0 aromatic heterocycles. The molecule has 0 heterocycles. The number of amides is 1. The summed E-state index contributed by atoms with van der Waals surface area (Å²) in [6.07, 6.45) is 0. The van der Waals surface area contributed by atoms with E-state index in [0.717, 1.165) is 13.1 Å². The maximum Gasteiger partial charge on any atom is 0.222 e. The van der Waals surface area contributed by atoms with E-state index in [1.807, 2.05) is 13.8 Å². The molecular weight excluding hydrogens is 164 g/mol. The third kappa shape index (κ3) is 5.64. The van der Waals surface area contributed by atoms with Crippen LogP contribution in [0.5, 0.6) is 0 Å². The fourth-order valence-electron chi connectivity index (χ4n) is 0.818. The van der Waals surface area contributed by atoms with Gasteiger partial charge in [-0.25, -0.2) is 0 Å². The van der Waals surface area contributed by atoms with Gasteiger partial charge in [-0.3, -0.25) is 4.79 Å². The Bertz CT molecular complexity index is 155. The van der Waals surface area contributed by atoms with E-state index in [1.54, 1.807) is 0 Å². The van der Waals surface area contributed by atoms with Crippen molar-refractivity contribution >= 4 is 5.91 Å². The second kappa shape index (κ2) is 5.97. The highest BCUT2D eigenvalue weighted by Crippen LogP contribution is 1.92. The largest absolute Gasteiger partial charge is 0.355 e. The highest BCUT2D eigenvalue weighted by atomic mass is 16.1. The van der Waals surface area contributed by atoms with Crippen LogP contribution in [0.2, 0.25) is 0 Å². The molecule has 0 radical (unpaired) electrons. The van der Waals surface area contributed by atoms with Gasteiger partial charge in [0.25, 0.3) is 0 Å². The normalized spacial score (nSPS) is 11.4. The molecule has 78 valence electrons. The summed E-state index contributed by atoms with van der Waals surface area (Å²) in [6, 6.07) is 0.538. The Morgan fingerprint density at radius 3 is 2.23 bits per heavy atom. The average Bonchev–Trinajstić information content (AvgIpc) is 2.03. The highest BCUT2D eigenvalue weighted by Gasteiger charge is 2.06. The van der Waals surface area contributed by atoms with Crippen molar-refractivity contribution in [1.82, 2.24) is 10.2 Å². The van der Waals surface area contributed by atoms with Gasteiger partial charge in [0.2, 0.25) is 5.91 Å². The molecule has 0 atom stereocenters. The molecule has 0 aromatic rings. The maximum atomic E-state index is 11.2. The molecular formula is C10H22N2O. The van der Waals surface area contributed by atoms with Gasteiger partial charge in [0.15, 0.2) is 0 Å². The van der Waals surface area contributed by atoms with Crippen molar-refractivity contribution in [2.75, 3.05) is 20.1 Å². The van der Waals surface area contributed by atoms with Crippen molar-refractivity contribution in [3.8, 4) is 0 Å². The smallest absolute Gasteiger partial charge is 0.222 e. The van der Waals surface area contributed by atoms with Crippen LogP contribution in [0.3, 0.4) is 0 Å². The number of carbonyl (C=O) groups is 1. The standard InChI is InChI=1S/C10H22N2O/c1-8(2)10(13)11-6-7-12(5)9(3)4/h8-9H,6-7H2,1-5H3,(H,11,13). The molecule has 0 spiro atoms. The van der Waals surface area contributed by atoms with Crippen molar-refractivity contribution < 1.29 is 4.79 Å². The molecule has 0 aliphatic rings. The Morgan fingerprint density at radius 2 is 1.85 bits per heavy atom. The van der Waals surface area contributed by atoms with Gasteiger partial charge in [-0.05, 0) is 20.9 Å². The summed E-state index contributed by atoms with van der Waals surface area (Å²) < 4.78 is 0. The third-order valence-electron chi connectivity index (χ3n) is 2.17. The summed E-state index contributed by atoms with van der Waals surface area (Å²) in [4.78, 5) is 13.4. The molecule has 1 N–H and O–H groups in total. The quantitative estimate of drug-likeness (QED) is 0.697. The van der Waals surface area contributed by atoms with E-state index in [0.29, 0.717) is 6.04 Å². The van der Waals surface area contributed by atoms with Crippen LogP contribution in [0, 0.1) is 5.92 Å². The molecule has 0 saturated carbocycles. The molecule has 0 aliphatic carbocycles. The lowest BCUT2D eigenvalue weighted by molar-refractivity contribution is -0.124. The number of likely N-dealkylation sites (N-methyl/N-ethyl adjacent to an activating group) is 1. The van der Waals surface area contributed by atoms with E-state index in [4.69, 9.17) is 0 Å². The van der Waals surface area contributed by atoms with Crippen molar-refractivity contribution in [2.45, 2.75) is 33.7 Å². The highest BCUT2D eigenvalue weighted by molar-refractivity contribution is 5.77. The molecule has 3 nitrogen and oxygen atoms in total. The molecule has 0 bridgehead atoms. The minimum absolute atomic E-state index is 0.0874. The second-order valence-electron chi connectivity index (χ2n) is 4.02. The van der Waals surface area contributed by atoms with Crippen molar-refractivity contribution in [3.05, 3.63) is 0 Å². The molecule has 13 heavy (non-hydrogen) atoms. The number of nitrogens with zero attached hydrogens (tertiary/aromatic N) is 1. The van der Waals surface area contributed by atoms with E-state index in [9.17, 15) is 4.79 Å². The number of rotatable bonds is 5. The van der Waals surface area contributed by atoms with Gasteiger partial charge in [0.05, 0.1) is 0 Å². The summed E-state index contributed by atoms with van der Waals surface area (Å²) in [6.45, 7) is 9.75. The zero-order valence-corrected chi connectivity index (χ0v) is 9.42. The molecule has 0 unspecified atom stereocenters. The lowest BCUT2D eigenvalue weighted by Crippen LogP contribution is -2.37. The summed E-state index contributed by atoms with van der Waals surface area (Å²) in [5.74, 6) is 0.224. The first kappa shape index (κ1) is 12.4. The molecule has 3 heteroatoms. The summed E-state index contributed by atoms with van der Waals surface area (Å²) in [5, 5.41) is 2.89. The number of nitrogens with one attached hydrogen (secondary N) is 1. The van der Waals surface area contributed by atoms with Crippen LogP contribution in [-0.4, -0.2) is 37.0 Å². The SMILES string of the molecule is CC(C)C(=O)NCCN(C)C(C)C. The monoisotopic (exact) mass is 186 g/mol. The third-order valence-corrected chi connectivity index (χ3v) is 2.17. The Balaban J connectivity index is 3.51. The number of hydrogen-bond acceptors (Lipinski definition) is 2. The Kier molecular flexibility index (Phi) is 5.71. The van der Waals surface area contributed by atoms with Crippen molar-refractivity contribution in [2.24, 2.45) is 5.92 Å². The molecule has 0 rings (SSSR count). The van der Waals surface area contributed by atoms with E-state index >= 15 is 0 Å². The van der Waals surface area contributed by atoms with Crippen LogP contribution in [0.4, 0.5) is 0 Å².